The molecule has 1 aromatic heterocycles. The fourth-order valence-electron chi connectivity index (χ4n) is 2.67. The van der Waals surface area contributed by atoms with Crippen molar-refractivity contribution in [2.75, 3.05) is 26.7 Å². The van der Waals surface area contributed by atoms with Gasteiger partial charge >= 0.3 is 5.97 Å². The van der Waals surface area contributed by atoms with Crippen molar-refractivity contribution < 1.29 is 19.1 Å². The van der Waals surface area contributed by atoms with Crippen molar-refractivity contribution in [2.24, 2.45) is 0 Å². The van der Waals surface area contributed by atoms with Crippen LogP contribution in [0.4, 0.5) is 0 Å². The van der Waals surface area contributed by atoms with Crippen LogP contribution < -0.4 is 0 Å². The summed E-state index contributed by atoms with van der Waals surface area (Å²) in [6.07, 6.45) is 3.34. The summed E-state index contributed by atoms with van der Waals surface area (Å²) in [5.74, 6) is -1.30. The fourth-order valence-corrected chi connectivity index (χ4v) is 2.67. The minimum absolute atomic E-state index is 0.00204. The van der Waals surface area contributed by atoms with Crippen molar-refractivity contribution in [3.63, 3.8) is 0 Å². The minimum atomic E-state index is -1.09. The lowest BCUT2D eigenvalue weighted by atomic mass is 10.2. The van der Waals surface area contributed by atoms with Crippen molar-refractivity contribution in [2.45, 2.75) is 25.8 Å². The van der Waals surface area contributed by atoms with Crippen molar-refractivity contribution in [3.05, 3.63) is 23.7 Å². The van der Waals surface area contributed by atoms with Gasteiger partial charge < -0.3 is 14.4 Å². The first-order valence-corrected chi connectivity index (χ1v) is 6.84. The molecule has 2 rings (SSSR count). The van der Waals surface area contributed by atoms with Crippen molar-refractivity contribution in [3.8, 4) is 0 Å². The molecule has 1 aromatic rings. The second kappa shape index (κ2) is 6.09. The molecule has 1 amide bonds. The summed E-state index contributed by atoms with van der Waals surface area (Å²) < 4.78 is 5.04. The van der Waals surface area contributed by atoms with Gasteiger partial charge in [-0.15, -0.1) is 0 Å². The molecule has 2 heterocycles. The zero-order valence-corrected chi connectivity index (χ0v) is 11.8. The number of nitrogens with zero attached hydrogens (tertiary/aromatic N) is 2. The van der Waals surface area contributed by atoms with Gasteiger partial charge in [0.1, 0.15) is 6.26 Å². The van der Waals surface area contributed by atoms with E-state index in [2.05, 4.69) is 11.8 Å². The van der Waals surface area contributed by atoms with Gasteiger partial charge in [-0.25, -0.2) is 4.79 Å². The van der Waals surface area contributed by atoms with Crippen molar-refractivity contribution in [1.29, 1.82) is 0 Å². The van der Waals surface area contributed by atoms with E-state index in [1.807, 2.05) is 0 Å². The molecule has 1 unspecified atom stereocenters. The Bertz CT molecular complexity index is 497. The van der Waals surface area contributed by atoms with Gasteiger partial charge in [-0.1, -0.05) is 6.92 Å². The van der Waals surface area contributed by atoms with Gasteiger partial charge in [0, 0.05) is 25.7 Å². The molecule has 0 spiro atoms. The average molecular weight is 280 g/mol. The number of carbonyl (C=O) groups excluding carboxylic acids is 1. The van der Waals surface area contributed by atoms with E-state index in [0.717, 1.165) is 32.2 Å². The van der Waals surface area contributed by atoms with Crippen LogP contribution in [0.15, 0.2) is 16.7 Å². The van der Waals surface area contributed by atoms with Crippen LogP contribution in [0, 0.1) is 0 Å². The molecule has 0 bridgehead atoms. The number of likely N-dealkylation sites (N-methyl/N-ethyl adjacent to an activating group) is 2. The Morgan fingerprint density at radius 2 is 2.30 bits per heavy atom. The number of aromatic carboxylic acids is 1. The lowest BCUT2D eigenvalue weighted by Crippen LogP contribution is -2.41. The average Bonchev–Trinajstić information content (AvgIpc) is 3.06. The molecule has 0 radical (unpaired) electrons. The van der Waals surface area contributed by atoms with E-state index in [9.17, 15) is 9.59 Å². The maximum Gasteiger partial charge on any atom is 0.338 e. The summed E-state index contributed by atoms with van der Waals surface area (Å²) in [5, 5.41) is 8.82. The van der Waals surface area contributed by atoms with E-state index in [1.54, 1.807) is 11.9 Å². The highest BCUT2D eigenvalue weighted by atomic mass is 16.4. The molecule has 110 valence electrons. The molecular formula is C14H20N2O4. The van der Waals surface area contributed by atoms with Gasteiger partial charge in [-0.3, -0.25) is 9.69 Å². The highest BCUT2D eigenvalue weighted by Gasteiger charge is 2.27. The SMILES string of the molecule is CCN1CCCC1CN(C)C(=O)c1cc(C(=O)O)co1. The number of carboxylic acid groups (broad SMARTS) is 1. The normalized spacial score (nSPS) is 19.2. The lowest BCUT2D eigenvalue weighted by Gasteiger charge is -2.27. The Kier molecular flexibility index (Phi) is 4.44. The van der Waals surface area contributed by atoms with Crippen LogP contribution in [0.25, 0.3) is 0 Å². The molecular weight excluding hydrogens is 260 g/mol. The van der Waals surface area contributed by atoms with E-state index >= 15 is 0 Å². The second-order valence-electron chi connectivity index (χ2n) is 5.12. The van der Waals surface area contributed by atoms with Gasteiger partial charge in [-0.05, 0) is 25.9 Å². The van der Waals surface area contributed by atoms with E-state index in [4.69, 9.17) is 9.52 Å². The predicted octanol–water partition coefficient (Wildman–Crippen LogP) is 1.53. The number of likely N-dealkylation sites (tertiary alicyclic amines) is 1. The van der Waals surface area contributed by atoms with Crippen LogP contribution in [0.3, 0.4) is 0 Å². The van der Waals surface area contributed by atoms with Gasteiger partial charge in [0.25, 0.3) is 5.91 Å². The first kappa shape index (κ1) is 14.6. The molecule has 1 aliphatic heterocycles. The second-order valence-corrected chi connectivity index (χ2v) is 5.12. The molecule has 1 saturated heterocycles. The summed E-state index contributed by atoms with van der Waals surface area (Å²) in [5.41, 5.74) is -0.00204. The lowest BCUT2D eigenvalue weighted by molar-refractivity contribution is 0.0694. The van der Waals surface area contributed by atoms with Gasteiger partial charge in [0.15, 0.2) is 5.76 Å². The Morgan fingerprint density at radius 3 is 2.90 bits per heavy atom. The topological polar surface area (TPSA) is 74.0 Å². The van der Waals surface area contributed by atoms with Gasteiger partial charge in [-0.2, -0.15) is 0 Å². The Labute approximate surface area is 118 Å². The number of amides is 1. The quantitative estimate of drug-likeness (QED) is 0.885. The number of hydrogen-bond donors (Lipinski definition) is 1. The van der Waals surface area contributed by atoms with E-state index < -0.39 is 5.97 Å². The van der Waals surface area contributed by atoms with Crippen LogP contribution in [-0.4, -0.2) is 59.5 Å². The smallest absolute Gasteiger partial charge is 0.338 e. The van der Waals surface area contributed by atoms with E-state index in [0.29, 0.717) is 12.6 Å². The van der Waals surface area contributed by atoms with Crippen molar-refractivity contribution >= 4 is 11.9 Å². The summed E-state index contributed by atoms with van der Waals surface area (Å²) in [4.78, 5) is 26.9. The summed E-state index contributed by atoms with van der Waals surface area (Å²) in [7, 11) is 1.72. The molecule has 0 saturated carbocycles. The molecule has 1 fully saturated rings. The molecule has 6 nitrogen and oxygen atoms in total. The fraction of sp³-hybridized carbons (Fsp3) is 0.571. The zero-order valence-electron chi connectivity index (χ0n) is 11.8. The largest absolute Gasteiger partial charge is 0.478 e. The number of hydrogen-bond acceptors (Lipinski definition) is 4. The highest BCUT2D eigenvalue weighted by molar-refractivity contribution is 5.95. The van der Waals surface area contributed by atoms with Crippen LogP contribution in [0.2, 0.25) is 0 Å². The molecule has 20 heavy (non-hydrogen) atoms. The predicted molar refractivity (Wildman–Crippen MR) is 72.9 cm³/mol. The standard InChI is InChI=1S/C14H20N2O4/c1-3-16-6-4-5-11(16)8-15(2)13(17)12-7-10(9-20-12)14(18)19/h7,9,11H,3-6,8H2,1-2H3,(H,18,19). The molecule has 0 aliphatic carbocycles. The summed E-state index contributed by atoms with van der Waals surface area (Å²) in [6.45, 7) is 4.81. The van der Waals surface area contributed by atoms with Crippen LogP contribution in [-0.2, 0) is 0 Å². The Balaban J connectivity index is 1.99. The van der Waals surface area contributed by atoms with Crippen LogP contribution in [0.5, 0.6) is 0 Å². The number of carbonyl (C=O) groups is 2. The number of carboxylic acids is 1. The molecule has 1 aliphatic rings. The maximum atomic E-state index is 12.2. The number of furan rings is 1. The first-order valence-electron chi connectivity index (χ1n) is 6.84. The van der Waals surface area contributed by atoms with E-state index in [-0.39, 0.29) is 17.2 Å². The maximum absolute atomic E-state index is 12.2. The van der Waals surface area contributed by atoms with E-state index in [1.165, 1.54) is 6.07 Å². The number of rotatable bonds is 5. The van der Waals surface area contributed by atoms with Gasteiger partial charge in [0.05, 0.1) is 5.56 Å². The minimum Gasteiger partial charge on any atom is -0.478 e. The molecule has 1 N–H and O–H groups in total. The van der Waals surface area contributed by atoms with Gasteiger partial charge in [0.2, 0.25) is 0 Å². The zero-order chi connectivity index (χ0) is 14.7. The summed E-state index contributed by atoms with van der Waals surface area (Å²) in [6, 6.07) is 1.65. The highest BCUT2D eigenvalue weighted by Crippen LogP contribution is 2.18. The Morgan fingerprint density at radius 1 is 1.55 bits per heavy atom. The molecule has 1 atom stereocenters. The van der Waals surface area contributed by atoms with Crippen molar-refractivity contribution in [1.82, 2.24) is 9.80 Å². The van der Waals surface area contributed by atoms with Crippen LogP contribution in [0.1, 0.15) is 40.7 Å². The third kappa shape index (κ3) is 3.01. The molecule has 6 heteroatoms. The summed E-state index contributed by atoms with van der Waals surface area (Å²) >= 11 is 0. The third-order valence-electron chi connectivity index (χ3n) is 3.79. The van der Waals surface area contributed by atoms with Crippen LogP contribution >= 0.6 is 0 Å². The Hall–Kier alpha value is -1.82. The third-order valence-corrected chi connectivity index (χ3v) is 3.79. The molecule has 0 aromatic carbocycles. The monoisotopic (exact) mass is 280 g/mol. The first-order chi connectivity index (χ1) is 9.52.